The number of benzene rings is 3. The SMILES string of the molecule is Cc1ccccc1NC(=O)Oc1ccc2c(c1)[C@]1(C)CCN(C)C1N2Cc1ccccc1. The normalized spacial score (nSPS) is 21.8. The minimum atomic E-state index is -0.469. The average molecular weight is 428 g/mol. The standard InChI is InChI=1S/C27H29N3O2/c1-19-9-7-8-12-23(19)28-26(31)32-21-13-14-24-22(17-21)27(2)15-16-29(3)25(27)30(24)18-20-10-5-4-6-11-20/h4-14,17,25H,15-16,18H2,1-3H3,(H,28,31)/t25?,27-/m0/s1. The first kappa shape index (κ1) is 20.6. The van der Waals surface area contributed by atoms with Crippen molar-refractivity contribution in [1.82, 2.24) is 4.90 Å². The largest absolute Gasteiger partial charge is 0.417 e. The van der Waals surface area contributed by atoms with Crippen LogP contribution in [0.1, 0.15) is 30.0 Å². The van der Waals surface area contributed by atoms with Crippen LogP contribution < -0.4 is 15.0 Å². The van der Waals surface area contributed by atoms with Crippen LogP contribution in [0.25, 0.3) is 0 Å². The summed E-state index contributed by atoms with van der Waals surface area (Å²) >= 11 is 0. The molecule has 2 heterocycles. The summed E-state index contributed by atoms with van der Waals surface area (Å²) in [6, 6.07) is 24.3. The maximum atomic E-state index is 12.5. The summed E-state index contributed by atoms with van der Waals surface area (Å²) in [6.07, 6.45) is 0.892. The number of nitrogens with one attached hydrogen (secondary N) is 1. The molecule has 5 heteroatoms. The number of amides is 1. The number of nitrogens with zero attached hydrogens (tertiary/aromatic N) is 2. The molecule has 1 unspecified atom stereocenters. The van der Waals surface area contributed by atoms with Crippen molar-refractivity contribution in [2.75, 3.05) is 23.8 Å². The Kier molecular flexibility index (Phi) is 5.14. The lowest BCUT2D eigenvalue weighted by Gasteiger charge is -2.35. The number of hydrogen-bond donors (Lipinski definition) is 1. The van der Waals surface area contributed by atoms with E-state index in [-0.39, 0.29) is 11.6 Å². The molecule has 0 aromatic heterocycles. The minimum absolute atomic E-state index is 0.00920. The molecule has 3 aromatic carbocycles. The van der Waals surface area contributed by atoms with E-state index in [1.807, 2.05) is 37.3 Å². The van der Waals surface area contributed by atoms with Crippen molar-refractivity contribution in [2.24, 2.45) is 0 Å². The van der Waals surface area contributed by atoms with Gasteiger partial charge in [0, 0.05) is 29.9 Å². The number of likely N-dealkylation sites (tertiary alicyclic amines) is 1. The van der Waals surface area contributed by atoms with Crippen molar-refractivity contribution in [2.45, 2.75) is 38.4 Å². The van der Waals surface area contributed by atoms with Gasteiger partial charge in [-0.3, -0.25) is 10.2 Å². The van der Waals surface area contributed by atoms with Crippen LogP contribution in [0.15, 0.2) is 72.8 Å². The summed E-state index contributed by atoms with van der Waals surface area (Å²) in [5.41, 5.74) is 5.52. The Labute approximate surface area is 189 Å². The highest BCUT2D eigenvalue weighted by Crippen LogP contribution is 2.52. The molecule has 1 saturated heterocycles. The first-order chi connectivity index (χ1) is 15.5. The number of likely N-dealkylation sites (N-methyl/N-ethyl adjacent to an activating group) is 1. The lowest BCUT2D eigenvalue weighted by molar-refractivity contribution is 0.215. The van der Waals surface area contributed by atoms with Gasteiger partial charge in [-0.15, -0.1) is 0 Å². The van der Waals surface area contributed by atoms with Gasteiger partial charge in [-0.2, -0.15) is 0 Å². The van der Waals surface area contributed by atoms with Crippen LogP contribution in [-0.2, 0) is 12.0 Å². The number of para-hydroxylation sites is 1. The topological polar surface area (TPSA) is 44.8 Å². The van der Waals surface area contributed by atoms with Gasteiger partial charge in [-0.05, 0) is 61.3 Å². The zero-order valence-corrected chi connectivity index (χ0v) is 18.8. The zero-order valence-electron chi connectivity index (χ0n) is 18.8. The average Bonchev–Trinajstić information content (AvgIpc) is 3.21. The van der Waals surface area contributed by atoms with Crippen molar-refractivity contribution >= 4 is 17.5 Å². The molecule has 32 heavy (non-hydrogen) atoms. The Morgan fingerprint density at radius 3 is 2.62 bits per heavy atom. The quantitative estimate of drug-likeness (QED) is 0.593. The van der Waals surface area contributed by atoms with E-state index in [1.165, 1.54) is 16.8 Å². The van der Waals surface area contributed by atoms with Gasteiger partial charge in [0.25, 0.3) is 0 Å². The van der Waals surface area contributed by atoms with E-state index in [0.29, 0.717) is 5.75 Å². The van der Waals surface area contributed by atoms with E-state index < -0.39 is 6.09 Å². The van der Waals surface area contributed by atoms with Gasteiger partial charge >= 0.3 is 6.09 Å². The van der Waals surface area contributed by atoms with E-state index in [9.17, 15) is 4.79 Å². The molecule has 1 amide bonds. The van der Waals surface area contributed by atoms with Crippen molar-refractivity contribution in [3.05, 3.63) is 89.5 Å². The van der Waals surface area contributed by atoms with Crippen LogP contribution in [-0.4, -0.2) is 30.8 Å². The molecular formula is C27H29N3O2. The van der Waals surface area contributed by atoms with Gasteiger partial charge in [-0.25, -0.2) is 4.79 Å². The first-order valence-electron chi connectivity index (χ1n) is 11.2. The van der Waals surface area contributed by atoms with E-state index >= 15 is 0 Å². The Morgan fingerprint density at radius 1 is 1.09 bits per heavy atom. The molecule has 5 nitrogen and oxygen atoms in total. The van der Waals surface area contributed by atoms with Crippen molar-refractivity contribution in [3.8, 4) is 5.75 Å². The van der Waals surface area contributed by atoms with Crippen LogP contribution in [0.3, 0.4) is 0 Å². The molecule has 5 rings (SSSR count). The molecule has 2 aliphatic heterocycles. The molecule has 2 aliphatic rings. The predicted octanol–water partition coefficient (Wildman–Crippen LogP) is 5.55. The molecule has 164 valence electrons. The van der Waals surface area contributed by atoms with Crippen LogP contribution in [0.2, 0.25) is 0 Å². The van der Waals surface area contributed by atoms with E-state index in [0.717, 1.165) is 30.8 Å². The number of rotatable bonds is 4. The summed E-state index contributed by atoms with van der Waals surface area (Å²) in [5, 5.41) is 2.85. The van der Waals surface area contributed by atoms with Crippen LogP contribution in [0, 0.1) is 6.92 Å². The third-order valence-electron chi connectivity index (χ3n) is 6.95. The number of hydrogen-bond acceptors (Lipinski definition) is 4. The minimum Gasteiger partial charge on any atom is -0.410 e. The van der Waals surface area contributed by atoms with Gasteiger partial charge in [0.05, 0.1) is 6.17 Å². The Morgan fingerprint density at radius 2 is 1.84 bits per heavy atom. The Bertz CT molecular complexity index is 1150. The van der Waals surface area contributed by atoms with E-state index in [4.69, 9.17) is 4.74 Å². The van der Waals surface area contributed by atoms with Gasteiger partial charge in [-0.1, -0.05) is 55.5 Å². The summed E-state index contributed by atoms with van der Waals surface area (Å²) in [7, 11) is 2.20. The molecule has 2 atom stereocenters. The highest BCUT2D eigenvalue weighted by Gasteiger charge is 2.53. The first-order valence-corrected chi connectivity index (χ1v) is 11.2. The lowest BCUT2D eigenvalue weighted by atomic mass is 9.81. The van der Waals surface area contributed by atoms with Crippen LogP contribution in [0.5, 0.6) is 5.75 Å². The fraction of sp³-hybridized carbons (Fsp3) is 0.296. The Hall–Kier alpha value is -3.31. The molecule has 0 radical (unpaired) electrons. The smallest absolute Gasteiger partial charge is 0.410 e. The highest BCUT2D eigenvalue weighted by molar-refractivity contribution is 5.87. The van der Waals surface area contributed by atoms with Crippen molar-refractivity contribution < 1.29 is 9.53 Å². The highest BCUT2D eigenvalue weighted by atomic mass is 16.6. The third-order valence-corrected chi connectivity index (χ3v) is 6.95. The van der Waals surface area contributed by atoms with E-state index in [2.05, 4.69) is 71.6 Å². The number of anilines is 2. The predicted molar refractivity (Wildman–Crippen MR) is 128 cm³/mol. The van der Waals surface area contributed by atoms with Gasteiger partial charge in [0.15, 0.2) is 0 Å². The number of fused-ring (bicyclic) bond motifs is 3. The molecular weight excluding hydrogens is 398 g/mol. The number of ether oxygens (including phenoxy) is 1. The van der Waals surface area contributed by atoms with Crippen LogP contribution >= 0.6 is 0 Å². The second-order valence-corrected chi connectivity index (χ2v) is 9.14. The lowest BCUT2D eigenvalue weighted by Crippen LogP contribution is -2.46. The van der Waals surface area contributed by atoms with Crippen molar-refractivity contribution in [1.29, 1.82) is 0 Å². The number of aryl methyl sites for hydroxylation is 1. The van der Waals surface area contributed by atoms with Crippen LogP contribution in [0.4, 0.5) is 16.2 Å². The molecule has 1 fully saturated rings. The summed E-state index contributed by atoms with van der Waals surface area (Å²) < 4.78 is 5.69. The Balaban J connectivity index is 1.42. The van der Waals surface area contributed by atoms with Gasteiger partial charge < -0.3 is 9.64 Å². The molecule has 0 bridgehead atoms. The fourth-order valence-corrected chi connectivity index (χ4v) is 5.33. The van der Waals surface area contributed by atoms with E-state index in [1.54, 1.807) is 0 Å². The number of carbonyl (C=O) groups is 1. The number of carbonyl (C=O) groups excluding carboxylic acids is 1. The molecule has 1 N–H and O–H groups in total. The fourth-order valence-electron chi connectivity index (χ4n) is 5.33. The second kappa shape index (κ2) is 7.99. The second-order valence-electron chi connectivity index (χ2n) is 9.14. The summed E-state index contributed by atoms with van der Waals surface area (Å²) in [4.78, 5) is 17.5. The maximum Gasteiger partial charge on any atom is 0.417 e. The van der Waals surface area contributed by atoms with Gasteiger partial charge in [0.2, 0.25) is 0 Å². The molecule has 0 spiro atoms. The van der Waals surface area contributed by atoms with Gasteiger partial charge in [0.1, 0.15) is 5.75 Å². The maximum absolute atomic E-state index is 12.5. The van der Waals surface area contributed by atoms with Crippen molar-refractivity contribution in [3.63, 3.8) is 0 Å². The summed E-state index contributed by atoms with van der Waals surface area (Å²) in [5.74, 6) is 0.575. The molecule has 3 aromatic rings. The third kappa shape index (κ3) is 3.53. The molecule has 0 aliphatic carbocycles. The summed E-state index contributed by atoms with van der Waals surface area (Å²) in [6.45, 7) is 6.20. The monoisotopic (exact) mass is 427 g/mol. The zero-order chi connectivity index (χ0) is 22.3. The molecule has 0 saturated carbocycles.